The topological polar surface area (TPSA) is 46.2 Å². The van der Waals surface area contributed by atoms with Crippen molar-refractivity contribution in [3.63, 3.8) is 0 Å². The highest BCUT2D eigenvalue weighted by Crippen LogP contribution is 2.48. The van der Waals surface area contributed by atoms with E-state index in [0.717, 1.165) is 29.5 Å². The third kappa shape index (κ3) is 3.30. The Morgan fingerprint density at radius 3 is 2.65 bits per heavy atom. The summed E-state index contributed by atoms with van der Waals surface area (Å²) in [4.78, 5) is 1.02. The summed E-state index contributed by atoms with van der Waals surface area (Å²) in [5.41, 5.74) is 0.211. The van der Waals surface area contributed by atoms with Gasteiger partial charge in [0.2, 0.25) is 10.0 Å². The summed E-state index contributed by atoms with van der Waals surface area (Å²) in [6.07, 6.45) is 3.30. The summed E-state index contributed by atoms with van der Waals surface area (Å²) in [7, 11) is -3.30. The fourth-order valence-electron chi connectivity index (χ4n) is 1.77. The molecule has 1 N–H and O–H groups in total. The fourth-order valence-corrected chi connectivity index (χ4v) is 5.09. The van der Waals surface area contributed by atoms with E-state index >= 15 is 0 Å². The summed E-state index contributed by atoms with van der Waals surface area (Å²) in [5, 5.41) is 0.937. The third-order valence-electron chi connectivity index (χ3n) is 3.20. The van der Waals surface area contributed by atoms with E-state index in [1.165, 1.54) is 11.3 Å². The molecular weight excluding hydrogens is 322 g/mol. The Morgan fingerprint density at radius 1 is 1.47 bits per heavy atom. The summed E-state index contributed by atoms with van der Waals surface area (Å²) in [5.74, 6) is 0. The van der Waals surface area contributed by atoms with Gasteiger partial charge in [-0.15, -0.1) is 11.3 Å². The maximum absolute atomic E-state index is 12.0. The van der Waals surface area contributed by atoms with Gasteiger partial charge < -0.3 is 0 Å². The summed E-state index contributed by atoms with van der Waals surface area (Å²) in [6, 6.07) is 3.51. The van der Waals surface area contributed by atoms with Gasteiger partial charge in [-0.25, -0.2) is 13.1 Å². The van der Waals surface area contributed by atoms with Gasteiger partial charge in [0.25, 0.3) is 0 Å². The highest BCUT2D eigenvalue weighted by atomic mass is 79.9. The van der Waals surface area contributed by atoms with E-state index in [4.69, 9.17) is 0 Å². The molecule has 0 atom stereocenters. The van der Waals surface area contributed by atoms with Gasteiger partial charge in [0.1, 0.15) is 4.21 Å². The quantitative estimate of drug-likeness (QED) is 0.811. The zero-order chi connectivity index (χ0) is 12.5. The zero-order valence-electron chi connectivity index (χ0n) is 9.70. The second-order valence-electron chi connectivity index (χ2n) is 4.63. The van der Waals surface area contributed by atoms with Crippen LogP contribution >= 0.6 is 27.3 Å². The lowest BCUT2D eigenvalue weighted by molar-refractivity contribution is 0.481. The molecular formula is C11H16BrNO2S2. The molecule has 0 unspecified atom stereocenters. The molecule has 1 fully saturated rings. The Morgan fingerprint density at radius 2 is 2.18 bits per heavy atom. The standard InChI is InChI=1S/C11H16BrNO2S2/c1-9-2-3-10(16-9)17(14,15)13-8-11(4-5-11)6-7-12/h2-3,13H,4-8H2,1H3. The van der Waals surface area contributed by atoms with Crippen molar-refractivity contribution >= 4 is 37.3 Å². The lowest BCUT2D eigenvalue weighted by Gasteiger charge is -2.13. The molecule has 2 rings (SSSR count). The van der Waals surface area contributed by atoms with Crippen molar-refractivity contribution < 1.29 is 8.42 Å². The summed E-state index contributed by atoms with van der Waals surface area (Å²) < 4.78 is 27.2. The lowest BCUT2D eigenvalue weighted by Crippen LogP contribution is -2.30. The highest BCUT2D eigenvalue weighted by Gasteiger charge is 2.42. The van der Waals surface area contributed by atoms with Crippen LogP contribution in [0.3, 0.4) is 0 Å². The molecule has 17 heavy (non-hydrogen) atoms. The molecule has 1 aliphatic rings. The van der Waals surface area contributed by atoms with Gasteiger partial charge in [-0.3, -0.25) is 0 Å². The van der Waals surface area contributed by atoms with Crippen molar-refractivity contribution in [3.8, 4) is 0 Å². The van der Waals surface area contributed by atoms with Crippen molar-refractivity contribution in [2.45, 2.75) is 30.4 Å². The highest BCUT2D eigenvalue weighted by molar-refractivity contribution is 9.09. The Hall–Kier alpha value is 0.0900. The van der Waals surface area contributed by atoms with E-state index in [-0.39, 0.29) is 5.41 Å². The molecule has 0 bridgehead atoms. The van der Waals surface area contributed by atoms with Crippen molar-refractivity contribution in [3.05, 3.63) is 17.0 Å². The number of aryl methyl sites for hydroxylation is 1. The van der Waals surface area contributed by atoms with Crippen LogP contribution in [0.4, 0.5) is 0 Å². The Balaban J connectivity index is 1.99. The summed E-state index contributed by atoms with van der Waals surface area (Å²) in [6.45, 7) is 2.48. The first-order valence-corrected chi connectivity index (χ1v) is 9.02. The number of halogens is 1. The van der Waals surface area contributed by atoms with Gasteiger partial charge in [-0.2, -0.15) is 0 Å². The third-order valence-corrected chi connectivity index (χ3v) is 6.49. The van der Waals surface area contributed by atoms with Crippen LogP contribution in [0.5, 0.6) is 0 Å². The first kappa shape index (κ1) is 13.5. The van der Waals surface area contributed by atoms with Crippen molar-refractivity contribution in [2.75, 3.05) is 11.9 Å². The Bertz CT molecular complexity index is 491. The molecule has 1 heterocycles. The lowest BCUT2D eigenvalue weighted by atomic mass is 10.1. The first-order valence-electron chi connectivity index (χ1n) is 5.60. The predicted octanol–water partition coefficient (Wildman–Crippen LogP) is 2.90. The Kier molecular flexibility index (Phi) is 3.97. The minimum Gasteiger partial charge on any atom is -0.210 e. The SMILES string of the molecule is Cc1ccc(S(=O)(=O)NCC2(CCBr)CC2)s1. The number of hydrogen-bond acceptors (Lipinski definition) is 3. The average molecular weight is 338 g/mol. The largest absolute Gasteiger partial charge is 0.250 e. The molecule has 0 spiro atoms. The molecule has 0 radical (unpaired) electrons. The van der Waals surface area contributed by atoms with E-state index < -0.39 is 10.0 Å². The average Bonchev–Trinajstić information content (AvgIpc) is 2.89. The minimum absolute atomic E-state index is 0.211. The van der Waals surface area contributed by atoms with Crippen molar-refractivity contribution in [2.24, 2.45) is 5.41 Å². The molecule has 0 aliphatic heterocycles. The molecule has 1 aliphatic carbocycles. The van der Waals surface area contributed by atoms with E-state index in [0.29, 0.717) is 10.8 Å². The smallest absolute Gasteiger partial charge is 0.210 e. The van der Waals surface area contributed by atoms with Crippen LogP contribution in [0.2, 0.25) is 0 Å². The fraction of sp³-hybridized carbons (Fsp3) is 0.636. The minimum atomic E-state index is -3.30. The number of thiophene rings is 1. The molecule has 0 saturated heterocycles. The number of alkyl halides is 1. The van der Waals surface area contributed by atoms with Crippen LogP contribution in [0.15, 0.2) is 16.3 Å². The summed E-state index contributed by atoms with van der Waals surface area (Å²) >= 11 is 4.74. The van der Waals surface area contributed by atoms with Crippen LogP contribution in [0.25, 0.3) is 0 Å². The normalized spacial score (nSPS) is 18.2. The molecule has 1 saturated carbocycles. The Labute approximate surface area is 115 Å². The van der Waals surface area contributed by atoms with Crippen LogP contribution < -0.4 is 4.72 Å². The molecule has 6 heteroatoms. The maximum Gasteiger partial charge on any atom is 0.250 e. The molecule has 96 valence electrons. The van der Waals surface area contributed by atoms with Crippen LogP contribution in [0.1, 0.15) is 24.1 Å². The van der Waals surface area contributed by atoms with Gasteiger partial charge in [-0.05, 0) is 43.7 Å². The van der Waals surface area contributed by atoms with Gasteiger partial charge in [0, 0.05) is 16.8 Å². The predicted molar refractivity (Wildman–Crippen MR) is 74.3 cm³/mol. The monoisotopic (exact) mass is 337 g/mol. The van der Waals surface area contributed by atoms with Gasteiger partial charge in [0.05, 0.1) is 0 Å². The number of sulfonamides is 1. The molecule has 3 nitrogen and oxygen atoms in total. The van der Waals surface area contributed by atoms with Gasteiger partial charge >= 0.3 is 0 Å². The van der Waals surface area contributed by atoms with Gasteiger partial charge in [0.15, 0.2) is 0 Å². The van der Waals surface area contributed by atoms with Crippen molar-refractivity contribution in [1.82, 2.24) is 4.72 Å². The van der Waals surface area contributed by atoms with E-state index in [2.05, 4.69) is 20.7 Å². The van der Waals surface area contributed by atoms with Gasteiger partial charge in [-0.1, -0.05) is 15.9 Å². The van der Waals surface area contributed by atoms with Crippen LogP contribution in [0, 0.1) is 12.3 Å². The zero-order valence-corrected chi connectivity index (χ0v) is 12.9. The first-order chi connectivity index (χ1) is 7.97. The number of nitrogens with one attached hydrogen (secondary N) is 1. The maximum atomic E-state index is 12.0. The van der Waals surface area contributed by atoms with E-state index in [9.17, 15) is 8.42 Å². The molecule has 1 aromatic heterocycles. The second kappa shape index (κ2) is 4.99. The van der Waals surface area contributed by atoms with E-state index in [1.807, 2.05) is 13.0 Å². The second-order valence-corrected chi connectivity index (χ2v) is 8.70. The van der Waals surface area contributed by atoms with Crippen molar-refractivity contribution in [1.29, 1.82) is 0 Å². The molecule has 0 aromatic carbocycles. The molecule has 0 amide bonds. The molecule has 1 aromatic rings. The van der Waals surface area contributed by atoms with Crippen LogP contribution in [-0.4, -0.2) is 20.3 Å². The van der Waals surface area contributed by atoms with Crippen LogP contribution in [-0.2, 0) is 10.0 Å². The number of hydrogen-bond donors (Lipinski definition) is 1. The number of rotatable bonds is 6. The van der Waals surface area contributed by atoms with E-state index in [1.54, 1.807) is 6.07 Å².